The van der Waals surface area contributed by atoms with E-state index >= 15 is 0 Å². The van der Waals surface area contributed by atoms with Gasteiger partial charge in [0.1, 0.15) is 0 Å². The first-order valence-corrected chi connectivity index (χ1v) is 7.64. The molecule has 1 fully saturated rings. The lowest BCUT2D eigenvalue weighted by molar-refractivity contribution is 0.0721. The molecule has 4 heteroatoms. The summed E-state index contributed by atoms with van der Waals surface area (Å²) in [4.78, 5) is 16.8. The van der Waals surface area contributed by atoms with Gasteiger partial charge < -0.3 is 10.0 Å². The summed E-state index contributed by atoms with van der Waals surface area (Å²) in [5.74, 6) is 0.186. The number of nitrogens with zero attached hydrogens (tertiary/aromatic N) is 1. The molecule has 0 saturated carbocycles. The summed E-state index contributed by atoms with van der Waals surface area (Å²) in [6.45, 7) is 1.03. The zero-order valence-corrected chi connectivity index (χ0v) is 11.3. The molecule has 18 heavy (non-hydrogen) atoms. The van der Waals surface area contributed by atoms with E-state index in [4.69, 9.17) is 5.11 Å². The highest BCUT2D eigenvalue weighted by Gasteiger charge is 2.30. The maximum atomic E-state index is 12.5. The number of amides is 1. The zero-order chi connectivity index (χ0) is 12.5. The summed E-state index contributed by atoms with van der Waals surface area (Å²) >= 11 is 1.68. The first kappa shape index (κ1) is 12.2. The van der Waals surface area contributed by atoms with E-state index in [1.165, 1.54) is 16.9 Å². The molecule has 1 aromatic heterocycles. The van der Waals surface area contributed by atoms with Crippen molar-refractivity contribution in [2.45, 2.75) is 44.6 Å². The summed E-state index contributed by atoms with van der Waals surface area (Å²) in [5.41, 5.74) is 1.39. The van der Waals surface area contributed by atoms with Crippen molar-refractivity contribution >= 4 is 17.2 Å². The minimum Gasteiger partial charge on any atom is -0.396 e. The van der Waals surface area contributed by atoms with E-state index in [1.54, 1.807) is 11.3 Å². The zero-order valence-electron chi connectivity index (χ0n) is 10.5. The van der Waals surface area contributed by atoms with Crippen molar-refractivity contribution in [1.29, 1.82) is 0 Å². The van der Waals surface area contributed by atoms with Gasteiger partial charge in [-0.1, -0.05) is 0 Å². The third-order valence-corrected chi connectivity index (χ3v) is 5.28. The van der Waals surface area contributed by atoms with Gasteiger partial charge in [-0.15, -0.1) is 11.3 Å². The van der Waals surface area contributed by atoms with E-state index in [-0.39, 0.29) is 18.6 Å². The largest absolute Gasteiger partial charge is 0.396 e. The highest BCUT2D eigenvalue weighted by Crippen LogP contribution is 2.32. The normalized spacial score (nSPS) is 22.5. The molecular weight excluding hydrogens is 246 g/mol. The molecular formula is C14H19NO2S. The van der Waals surface area contributed by atoms with E-state index in [1.807, 2.05) is 4.90 Å². The van der Waals surface area contributed by atoms with Gasteiger partial charge in [0, 0.05) is 24.1 Å². The highest BCUT2D eigenvalue weighted by atomic mass is 32.1. The van der Waals surface area contributed by atoms with Crippen molar-refractivity contribution in [3.8, 4) is 0 Å². The Kier molecular flexibility index (Phi) is 3.39. The summed E-state index contributed by atoms with van der Waals surface area (Å²) in [7, 11) is 0. The molecule has 98 valence electrons. The molecule has 0 radical (unpaired) electrons. The van der Waals surface area contributed by atoms with Gasteiger partial charge >= 0.3 is 0 Å². The van der Waals surface area contributed by atoms with Crippen LogP contribution in [-0.2, 0) is 12.8 Å². The Labute approximate surface area is 111 Å². The predicted molar refractivity (Wildman–Crippen MR) is 72.1 cm³/mol. The average molecular weight is 265 g/mol. The first-order chi connectivity index (χ1) is 8.79. The lowest BCUT2D eigenvalue weighted by Gasteiger charge is -2.23. The lowest BCUT2D eigenvalue weighted by atomic mass is 10.1. The molecule has 0 aromatic carbocycles. The maximum Gasteiger partial charge on any atom is 0.264 e. The number of fused-ring (bicyclic) bond motifs is 1. The van der Waals surface area contributed by atoms with Crippen LogP contribution in [0.25, 0.3) is 0 Å². The Morgan fingerprint density at radius 1 is 1.44 bits per heavy atom. The minimum atomic E-state index is 0.176. The van der Waals surface area contributed by atoms with Crippen molar-refractivity contribution in [3.05, 3.63) is 21.4 Å². The van der Waals surface area contributed by atoms with Crippen LogP contribution in [0.1, 0.15) is 45.8 Å². The molecule has 1 aliphatic heterocycles. The quantitative estimate of drug-likeness (QED) is 0.910. The van der Waals surface area contributed by atoms with Crippen LogP contribution < -0.4 is 0 Å². The molecule has 2 heterocycles. The van der Waals surface area contributed by atoms with Gasteiger partial charge in [-0.05, 0) is 50.2 Å². The van der Waals surface area contributed by atoms with Crippen molar-refractivity contribution in [2.24, 2.45) is 0 Å². The number of carbonyl (C=O) groups is 1. The predicted octanol–water partition coefficient (Wildman–Crippen LogP) is 2.22. The number of rotatable bonds is 3. The van der Waals surface area contributed by atoms with Gasteiger partial charge in [-0.25, -0.2) is 0 Å². The number of aryl methyl sites for hydroxylation is 2. The standard InChI is InChI=1S/C14H19NO2S/c16-8-6-11-4-2-7-15(11)14(17)13-9-10-3-1-5-12(10)18-13/h9,11,16H,1-8H2. The van der Waals surface area contributed by atoms with Gasteiger partial charge in [0.15, 0.2) is 0 Å². The van der Waals surface area contributed by atoms with Crippen molar-refractivity contribution < 1.29 is 9.90 Å². The van der Waals surface area contributed by atoms with Crippen molar-refractivity contribution in [1.82, 2.24) is 4.90 Å². The number of aliphatic hydroxyl groups is 1. The number of thiophene rings is 1. The minimum absolute atomic E-state index is 0.176. The Bertz CT molecular complexity index is 433. The number of hydrogen-bond acceptors (Lipinski definition) is 3. The molecule has 1 amide bonds. The highest BCUT2D eigenvalue weighted by molar-refractivity contribution is 7.14. The molecule has 1 aliphatic carbocycles. The average Bonchev–Trinajstić information content (AvgIpc) is 3.02. The molecule has 1 saturated heterocycles. The van der Waals surface area contributed by atoms with Gasteiger partial charge in [-0.2, -0.15) is 0 Å². The second-order valence-corrected chi connectivity index (χ2v) is 6.36. The lowest BCUT2D eigenvalue weighted by Crippen LogP contribution is -2.35. The fourth-order valence-corrected chi connectivity index (χ4v) is 4.34. The summed E-state index contributed by atoms with van der Waals surface area (Å²) in [6, 6.07) is 2.35. The molecule has 0 spiro atoms. The van der Waals surface area contributed by atoms with Crippen LogP contribution in [0.5, 0.6) is 0 Å². The molecule has 2 aliphatic rings. The molecule has 1 unspecified atom stereocenters. The van der Waals surface area contributed by atoms with Gasteiger partial charge in [0.25, 0.3) is 5.91 Å². The molecule has 1 N–H and O–H groups in total. The SMILES string of the molecule is O=C(c1cc2c(s1)CCC2)N1CCCC1CCO. The third-order valence-electron chi connectivity index (χ3n) is 4.06. The van der Waals surface area contributed by atoms with Gasteiger partial charge in [-0.3, -0.25) is 4.79 Å². The summed E-state index contributed by atoms with van der Waals surface area (Å²) in [5, 5.41) is 9.06. The second kappa shape index (κ2) is 5.02. The third kappa shape index (κ3) is 2.08. The van der Waals surface area contributed by atoms with Crippen LogP contribution >= 0.6 is 11.3 Å². The Morgan fingerprint density at radius 3 is 3.11 bits per heavy atom. The van der Waals surface area contributed by atoms with Crippen LogP contribution in [0.2, 0.25) is 0 Å². The topological polar surface area (TPSA) is 40.5 Å². The summed E-state index contributed by atoms with van der Waals surface area (Å²) in [6.07, 6.45) is 6.36. The molecule has 3 nitrogen and oxygen atoms in total. The number of aliphatic hydroxyl groups excluding tert-OH is 1. The number of hydrogen-bond donors (Lipinski definition) is 1. The van der Waals surface area contributed by atoms with Crippen LogP contribution in [0.4, 0.5) is 0 Å². The fourth-order valence-electron chi connectivity index (χ4n) is 3.13. The van der Waals surface area contributed by atoms with E-state index in [0.29, 0.717) is 0 Å². The van der Waals surface area contributed by atoms with Gasteiger partial charge in [0.2, 0.25) is 0 Å². The second-order valence-electron chi connectivity index (χ2n) is 5.22. The smallest absolute Gasteiger partial charge is 0.264 e. The number of likely N-dealkylation sites (tertiary alicyclic amines) is 1. The fraction of sp³-hybridized carbons (Fsp3) is 0.643. The van der Waals surface area contributed by atoms with E-state index in [0.717, 1.165) is 43.5 Å². The van der Waals surface area contributed by atoms with Crippen molar-refractivity contribution in [3.63, 3.8) is 0 Å². The van der Waals surface area contributed by atoms with Crippen LogP contribution in [0.15, 0.2) is 6.07 Å². The molecule has 0 bridgehead atoms. The maximum absolute atomic E-state index is 12.5. The van der Waals surface area contributed by atoms with Crippen LogP contribution in [0.3, 0.4) is 0 Å². The van der Waals surface area contributed by atoms with E-state index in [9.17, 15) is 4.79 Å². The molecule has 3 rings (SSSR count). The Balaban J connectivity index is 1.76. The Morgan fingerprint density at radius 2 is 2.33 bits per heavy atom. The van der Waals surface area contributed by atoms with E-state index in [2.05, 4.69) is 6.07 Å². The molecule has 1 aromatic rings. The van der Waals surface area contributed by atoms with Crippen LogP contribution in [0, 0.1) is 0 Å². The van der Waals surface area contributed by atoms with Crippen molar-refractivity contribution in [2.75, 3.05) is 13.2 Å². The van der Waals surface area contributed by atoms with E-state index < -0.39 is 0 Å². The van der Waals surface area contributed by atoms with Gasteiger partial charge in [0.05, 0.1) is 4.88 Å². The Hall–Kier alpha value is -0.870. The first-order valence-electron chi connectivity index (χ1n) is 6.83. The summed E-state index contributed by atoms with van der Waals surface area (Å²) < 4.78 is 0. The number of carbonyl (C=O) groups excluding carboxylic acids is 1. The molecule has 1 atom stereocenters. The van der Waals surface area contributed by atoms with Crippen LogP contribution in [-0.4, -0.2) is 35.1 Å². The monoisotopic (exact) mass is 265 g/mol.